The van der Waals surface area contributed by atoms with Gasteiger partial charge in [0.15, 0.2) is 0 Å². The Kier molecular flexibility index (Phi) is 14.9. The Morgan fingerprint density at radius 1 is 0.406 bits per heavy atom. The molecule has 3 atom stereocenters. The summed E-state index contributed by atoms with van der Waals surface area (Å²) in [6, 6.07) is 21.3. The van der Waals surface area contributed by atoms with E-state index >= 15 is 0 Å². The first-order valence-electron chi connectivity index (χ1n) is 21.2. The summed E-state index contributed by atoms with van der Waals surface area (Å²) in [5.74, 6) is -5.04. The molecule has 13 heteroatoms. The van der Waals surface area contributed by atoms with Crippen molar-refractivity contribution in [3.63, 3.8) is 0 Å². The van der Waals surface area contributed by atoms with Crippen LogP contribution in [0.2, 0.25) is 0 Å². The smallest absolute Gasteiger partial charge is 0.550 e. The number of rotatable bonds is 9. The zero-order valence-corrected chi connectivity index (χ0v) is 37.2. The van der Waals surface area contributed by atoms with Gasteiger partial charge in [-0.25, -0.2) is 0 Å². The van der Waals surface area contributed by atoms with Crippen LogP contribution in [0, 0.1) is 0 Å². The molecule has 0 radical (unpaired) electrons. The third-order valence-electron chi connectivity index (χ3n) is 12.6. The van der Waals surface area contributed by atoms with Gasteiger partial charge in [0.05, 0.1) is 0 Å². The summed E-state index contributed by atoms with van der Waals surface area (Å²) >= 11 is 0. The Labute approximate surface area is 383 Å². The molecule has 3 aliphatic heterocycles. The van der Waals surface area contributed by atoms with Crippen LogP contribution in [0.15, 0.2) is 143 Å². The van der Waals surface area contributed by atoms with E-state index in [1.165, 1.54) is 16.7 Å². The number of carbonyl (C=O) groups excluding carboxylic acids is 6. The number of amides is 3. The molecule has 64 heavy (non-hydrogen) atoms. The summed E-state index contributed by atoms with van der Waals surface area (Å²) in [6.07, 6.45) is 17.1. The van der Waals surface area contributed by atoms with Gasteiger partial charge < -0.3 is 44.4 Å². The van der Waals surface area contributed by atoms with Crippen molar-refractivity contribution in [2.45, 2.75) is 77.0 Å². The Morgan fingerprint density at radius 2 is 0.625 bits per heavy atom. The van der Waals surface area contributed by atoms with Crippen molar-refractivity contribution in [2.24, 2.45) is 0 Å². The van der Waals surface area contributed by atoms with Gasteiger partial charge in [0.1, 0.15) is 0 Å². The topological polar surface area (TPSA) is 181 Å². The van der Waals surface area contributed by atoms with Crippen molar-refractivity contribution in [2.75, 3.05) is 34.3 Å². The van der Waals surface area contributed by atoms with E-state index in [2.05, 4.69) is 18.2 Å². The van der Waals surface area contributed by atoms with Gasteiger partial charge in [-0.1, -0.05) is 93.6 Å². The molecule has 3 aromatic carbocycles. The zero-order valence-electron chi connectivity index (χ0n) is 36.1. The van der Waals surface area contributed by atoms with Crippen LogP contribution in [0.25, 0.3) is 0 Å². The molecule has 3 aromatic rings. The van der Waals surface area contributed by atoms with E-state index in [0.717, 1.165) is 53.0 Å². The van der Waals surface area contributed by atoms with Crippen molar-refractivity contribution >= 4 is 70.1 Å². The quantitative estimate of drug-likeness (QED) is 0.225. The Hall–Kier alpha value is -6.55. The predicted octanol–water partition coefficient (Wildman–Crippen LogP) is 4.22. The average Bonchev–Trinajstić information content (AvgIpc) is 3.95. The molecule has 0 fully saturated rings. The van der Waals surface area contributed by atoms with Crippen molar-refractivity contribution in [3.8, 4) is 0 Å². The van der Waals surface area contributed by atoms with Crippen LogP contribution < -0.4 is 30.0 Å². The van der Waals surface area contributed by atoms with Crippen LogP contribution in [0.4, 0.5) is 17.1 Å². The largest absolute Gasteiger partial charge is 3.00 e. The minimum Gasteiger partial charge on any atom is -0.550 e. The van der Waals surface area contributed by atoms with E-state index in [-0.39, 0.29) is 35.1 Å². The summed E-state index contributed by atoms with van der Waals surface area (Å²) in [4.78, 5) is 75.1. The second-order valence-corrected chi connectivity index (χ2v) is 16.5. The number of carboxylic acid groups (broad SMARTS) is 3. The average molecular weight is 874 g/mol. The number of allylic oxidation sites excluding steroid dienone is 6. The summed E-state index contributed by atoms with van der Waals surface area (Å²) in [6.45, 7) is 6.68. The first-order valence-corrected chi connectivity index (χ1v) is 21.2. The minimum absolute atomic E-state index is 0. The van der Waals surface area contributed by atoms with Gasteiger partial charge in [-0.15, -0.1) is 0 Å². The van der Waals surface area contributed by atoms with Crippen LogP contribution in [-0.2, 0) is 28.8 Å². The van der Waals surface area contributed by atoms with Gasteiger partial charge in [-0.3, -0.25) is 14.4 Å². The second kappa shape index (κ2) is 20.3. The number of aliphatic carboxylic acids is 3. The number of carbonyl (C=O) groups is 6. The molecule has 3 aliphatic carbocycles. The first-order chi connectivity index (χ1) is 30.2. The maximum Gasteiger partial charge on any atom is 3.00 e. The molecule has 3 unspecified atom stereocenters. The molecule has 9 rings (SSSR count). The maximum atomic E-state index is 12.4. The van der Waals surface area contributed by atoms with E-state index in [0.29, 0.717) is 55.6 Å². The molecule has 0 saturated heterocycles. The Bertz CT molecular complexity index is 2250. The fourth-order valence-corrected chi connectivity index (χ4v) is 8.42. The van der Waals surface area contributed by atoms with Crippen molar-refractivity contribution in [1.82, 2.24) is 0 Å². The van der Waals surface area contributed by atoms with Gasteiger partial charge in [0, 0.05) is 89.1 Å². The van der Waals surface area contributed by atoms with E-state index in [9.17, 15) is 44.1 Å². The van der Waals surface area contributed by atoms with Crippen molar-refractivity contribution in [3.05, 3.63) is 159 Å². The van der Waals surface area contributed by atoms with E-state index in [4.69, 9.17) is 0 Å². The fourth-order valence-electron chi connectivity index (χ4n) is 8.42. The van der Waals surface area contributed by atoms with Gasteiger partial charge in [-0.2, -0.15) is 0 Å². The van der Waals surface area contributed by atoms with Gasteiger partial charge >= 0.3 is 17.4 Å². The third kappa shape index (κ3) is 9.96. The Morgan fingerprint density at radius 3 is 0.828 bits per heavy atom. The van der Waals surface area contributed by atoms with Crippen LogP contribution in [0.1, 0.15) is 93.7 Å². The molecule has 3 heterocycles. The SMILES string of the molecule is CC(C(=O)[O-])c1ccc(N2CC3=C(CC=CC3)C2=O)cc1.CC(C(=O)[O-])c1ccc(N2CC3=C(CC=CC3)C2=O)cc1.CC(C(=O)[O-])c1ccc(N2CC3=C(CC=CC3)C2=O)cc1.[Al+3]. The summed E-state index contributed by atoms with van der Waals surface area (Å²) < 4.78 is 0. The molecule has 12 nitrogen and oxygen atoms in total. The summed E-state index contributed by atoms with van der Waals surface area (Å²) in [5.41, 5.74) is 10.8. The van der Waals surface area contributed by atoms with Gasteiger partial charge in [-0.05, 0) is 108 Å². The van der Waals surface area contributed by atoms with Crippen LogP contribution in [0.5, 0.6) is 0 Å². The normalized spacial score (nSPS) is 18.6. The third-order valence-corrected chi connectivity index (χ3v) is 12.6. The van der Waals surface area contributed by atoms with E-state index in [1.54, 1.807) is 108 Å². The van der Waals surface area contributed by atoms with Crippen LogP contribution in [-0.4, -0.2) is 72.6 Å². The van der Waals surface area contributed by atoms with Gasteiger partial charge in [0.2, 0.25) is 0 Å². The fraction of sp³-hybridized carbons (Fsp3) is 0.294. The molecule has 324 valence electrons. The number of nitrogens with zero attached hydrogens (tertiary/aromatic N) is 3. The number of anilines is 3. The molecule has 0 spiro atoms. The molecular weight excluding hydrogens is 826 g/mol. The monoisotopic (exact) mass is 873 g/mol. The maximum absolute atomic E-state index is 12.4. The van der Waals surface area contributed by atoms with E-state index < -0.39 is 35.7 Å². The summed E-state index contributed by atoms with van der Waals surface area (Å²) in [5, 5.41) is 32.6. The van der Waals surface area contributed by atoms with Crippen LogP contribution >= 0.6 is 0 Å². The standard InChI is InChI=1S/3C17H17NO3.Al/c3*1-11(17(20)21)12-6-8-14(9-7-12)18-10-13-4-2-3-5-15(13)16(18)19;/h3*2-3,6-9,11H,4-5,10H2,1H3,(H,20,21);/q;;;+3/p-3. The zero-order chi connectivity index (χ0) is 44.9. The number of hydrogen-bond donors (Lipinski definition) is 0. The minimum atomic E-state index is -1.09. The molecule has 0 bridgehead atoms. The Balaban J connectivity index is 0.000000158. The predicted molar refractivity (Wildman–Crippen MR) is 239 cm³/mol. The number of carboxylic acids is 3. The second-order valence-electron chi connectivity index (χ2n) is 16.5. The molecular formula is C51H48AlN3O9. The van der Waals surface area contributed by atoms with Gasteiger partial charge in [0.25, 0.3) is 17.7 Å². The number of benzene rings is 3. The van der Waals surface area contributed by atoms with Crippen LogP contribution in [0.3, 0.4) is 0 Å². The molecule has 3 amide bonds. The molecule has 0 aromatic heterocycles. The molecule has 0 saturated carbocycles. The summed E-state index contributed by atoms with van der Waals surface area (Å²) in [7, 11) is 0. The molecule has 0 N–H and O–H groups in total. The number of hydrogen-bond acceptors (Lipinski definition) is 9. The first kappa shape index (κ1) is 46.9. The van der Waals surface area contributed by atoms with Crippen molar-refractivity contribution in [1.29, 1.82) is 0 Å². The molecule has 6 aliphatic rings. The van der Waals surface area contributed by atoms with E-state index in [1.807, 2.05) is 18.2 Å². The van der Waals surface area contributed by atoms with Crippen molar-refractivity contribution < 1.29 is 44.1 Å².